The summed E-state index contributed by atoms with van der Waals surface area (Å²) in [4.78, 5) is 17.1. The van der Waals surface area contributed by atoms with Gasteiger partial charge in [-0.1, -0.05) is 24.3 Å². The van der Waals surface area contributed by atoms with Crippen LogP contribution in [0, 0.1) is 5.92 Å². The summed E-state index contributed by atoms with van der Waals surface area (Å²) >= 11 is 0. The molecule has 1 heterocycles. The number of rotatable bonds is 7. The Morgan fingerprint density at radius 3 is 2.32 bits per heavy atom. The molecule has 0 radical (unpaired) electrons. The van der Waals surface area contributed by atoms with Gasteiger partial charge in [-0.2, -0.15) is 0 Å². The smallest absolute Gasteiger partial charge is 0.225 e. The van der Waals surface area contributed by atoms with Crippen molar-refractivity contribution in [1.29, 1.82) is 0 Å². The number of hydrogen-bond acceptors (Lipinski definition) is 4. The van der Waals surface area contributed by atoms with Gasteiger partial charge in [-0.25, -0.2) is 0 Å². The zero-order valence-electron chi connectivity index (χ0n) is 17.1. The number of likely N-dealkylation sites (tertiary alicyclic amines) is 1. The quantitative estimate of drug-likeness (QED) is 0.734. The molecule has 2 aromatic rings. The fourth-order valence-electron chi connectivity index (χ4n) is 3.76. The lowest BCUT2D eigenvalue weighted by Crippen LogP contribution is -2.40. The van der Waals surface area contributed by atoms with Crippen LogP contribution in [-0.2, 0) is 17.9 Å². The molecule has 0 unspecified atom stereocenters. The third kappa shape index (κ3) is 5.26. The van der Waals surface area contributed by atoms with Crippen LogP contribution in [0.15, 0.2) is 48.5 Å². The first kappa shape index (κ1) is 20.2. The summed E-state index contributed by atoms with van der Waals surface area (Å²) in [5.41, 5.74) is 2.37. The van der Waals surface area contributed by atoms with Crippen LogP contribution in [0.1, 0.15) is 24.0 Å². The Bertz CT molecular complexity index is 768. The third-order valence-electron chi connectivity index (χ3n) is 5.43. The number of amides is 1. The molecule has 150 valence electrons. The van der Waals surface area contributed by atoms with Gasteiger partial charge < -0.3 is 14.4 Å². The predicted molar refractivity (Wildman–Crippen MR) is 110 cm³/mol. The highest BCUT2D eigenvalue weighted by atomic mass is 16.5. The van der Waals surface area contributed by atoms with Crippen LogP contribution in [0.25, 0.3) is 0 Å². The van der Waals surface area contributed by atoms with Gasteiger partial charge in [-0.3, -0.25) is 9.69 Å². The van der Waals surface area contributed by atoms with Gasteiger partial charge in [-0.05, 0) is 61.3 Å². The standard InChI is InChI=1S/C23H30N2O3/c1-24(16-18-7-9-21(27-2)10-8-18)23(26)20-11-13-25(14-12-20)17-19-5-4-6-22(15-19)28-3/h4-10,15,20H,11-14,16-17H2,1-3H3. The predicted octanol–water partition coefficient (Wildman–Crippen LogP) is 3.57. The molecule has 3 rings (SSSR count). The van der Waals surface area contributed by atoms with E-state index in [1.165, 1.54) is 5.56 Å². The number of carbonyl (C=O) groups is 1. The molecule has 1 fully saturated rings. The van der Waals surface area contributed by atoms with E-state index in [9.17, 15) is 4.79 Å². The van der Waals surface area contributed by atoms with Crippen LogP contribution < -0.4 is 9.47 Å². The molecule has 28 heavy (non-hydrogen) atoms. The maximum Gasteiger partial charge on any atom is 0.225 e. The second-order valence-electron chi connectivity index (χ2n) is 7.44. The summed E-state index contributed by atoms with van der Waals surface area (Å²) in [5, 5.41) is 0. The number of benzene rings is 2. The molecule has 1 aliphatic rings. The maximum absolute atomic E-state index is 12.8. The van der Waals surface area contributed by atoms with Gasteiger partial charge in [0.05, 0.1) is 14.2 Å². The summed E-state index contributed by atoms with van der Waals surface area (Å²) in [6.07, 6.45) is 1.82. The van der Waals surface area contributed by atoms with Crippen LogP contribution in [0.2, 0.25) is 0 Å². The number of ether oxygens (including phenoxy) is 2. The Kier molecular flexibility index (Phi) is 6.93. The number of carbonyl (C=O) groups excluding carboxylic acids is 1. The molecule has 1 amide bonds. The first-order chi connectivity index (χ1) is 13.6. The van der Waals surface area contributed by atoms with Crippen molar-refractivity contribution < 1.29 is 14.3 Å². The van der Waals surface area contributed by atoms with Gasteiger partial charge in [0.2, 0.25) is 5.91 Å². The van der Waals surface area contributed by atoms with Crippen molar-refractivity contribution in [2.75, 3.05) is 34.4 Å². The fraction of sp³-hybridized carbons (Fsp3) is 0.435. The Hall–Kier alpha value is -2.53. The van der Waals surface area contributed by atoms with E-state index in [-0.39, 0.29) is 11.8 Å². The normalized spacial score (nSPS) is 15.2. The summed E-state index contributed by atoms with van der Waals surface area (Å²) in [5.74, 6) is 2.09. The van der Waals surface area contributed by atoms with Crippen LogP contribution in [0.3, 0.4) is 0 Å². The maximum atomic E-state index is 12.8. The van der Waals surface area contributed by atoms with E-state index in [0.717, 1.165) is 49.5 Å². The summed E-state index contributed by atoms with van der Waals surface area (Å²) in [7, 11) is 5.25. The van der Waals surface area contributed by atoms with Crippen molar-refractivity contribution in [3.63, 3.8) is 0 Å². The lowest BCUT2D eigenvalue weighted by molar-refractivity contribution is -0.136. The van der Waals surface area contributed by atoms with Crippen molar-refractivity contribution >= 4 is 5.91 Å². The summed E-state index contributed by atoms with van der Waals surface area (Å²) in [6, 6.07) is 16.1. The highest BCUT2D eigenvalue weighted by Crippen LogP contribution is 2.23. The molecule has 0 spiro atoms. The number of piperidine rings is 1. The zero-order chi connectivity index (χ0) is 19.9. The van der Waals surface area contributed by atoms with Crippen LogP contribution in [0.5, 0.6) is 11.5 Å². The van der Waals surface area contributed by atoms with Gasteiger partial charge in [0.15, 0.2) is 0 Å². The molecular formula is C23H30N2O3. The van der Waals surface area contributed by atoms with E-state index in [2.05, 4.69) is 17.0 Å². The van der Waals surface area contributed by atoms with Crippen LogP contribution in [-0.4, -0.2) is 50.1 Å². The molecule has 1 aliphatic heterocycles. The average molecular weight is 383 g/mol. The Labute approximate surface area is 167 Å². The van der Waals surface area contributed by atoms with Crippen molar-refractivity contribution in [3.8, 4) is 11.5 Å². The van der Waals surface area contributed by atoms with Crippen molar-refractivity contribution in [3.05, 3.63) is 59.7 Å². The largest absolute Gasteiger partial charge is 0.497 e. The molecule has 5 heteroatoms. The lowest BCUT2D eigenvalue weighted by atomic mass is 9.95. The second kappa shape index (κ2) is 9.60. The molecule has 1 saturated heterocycles. The minimum atomic E-state index is 0.116. The van der Waals surface area contributed by atoms with E-state index in [0.29, 0.717) is 6.54 Å². The number of hydrogen-bond donors (Lipinski definition) is 0. The van der Waals surface area contributed by atoms with Gasteiger partial charge in [0, 0.05) is 26.1 Å². The number of nitrogens with zero attached hydrogens (tertiary/aromatic N) is 2. The Morgan fingerprint density at radius 2 is 1.68 bits per heavy atom. The van der Waals surface area contributed by atoms with Gasteiger partial charge in [-0.15, -0.1) is 0 Å². The minimum Gasteiger partial charge on any atom is -0.497 e. The molecule has 0 bridgehead atoms. The van der Waals surface area contributed by atoms with Crippen LogP contribution >= 0.6 is 0 Å². The highest BCUT2D eigenvalue weighted by Gasteiger charge is 2.27. The van der Waals surface area contributed by atoms with E-state index < -0.39 is 0 Å². The van der Waals surface area contributed by atoms with Crippen LogP contribution in [0.4, 0.5) is 0 Å². The zero-order valence-corrected chi connectivity index (χ0v) is 17.1. The van der Waals surface area contributed by atoms with Crippen molar-refractivity contribution in [2.45, 2.75) is 25.9 Å². The van der Waals surface area contributed by atoms with E-state index in [1.54, 1.807) is 14.2 Å². The van der Waals surface area contributed by atoms with Gasteiger partial charge in [0.1, 0.15) is 11.5 Å². The van der Waals surface area contributed by atoms with Crippen molar-refractivity contribution in [2.24, 2.45) is 5.92 Å². The summed E-state index contributed by atoms with van der Waals surface area (Å²) in [6.45, 7) is 3.43. The van der Waals surface area contributed by atoms with E-state index in [4.69, 9.17) is 9.47 Å². The monoisotopic (exact) mass is 382 g/mol. The van der Waals surface area contributed by atoms with Gasteiger partial charge in [0.25, 0.3) is 0 Å². The SMILES string of the molecule is COc1ccc(CN(C)C(=O)C2CCN(Cc3cccc(OC)c3)CC2)cc1. The fourth-order valence-corrected chi connectivity index (χ4v) is 3.76. The van der Waals surface area contributed by atoms with Crippen molar-refractivity contribution in [1.82, 2.24) is 9.80 Å². The van der Waals surface area contributed by atoms with E-state index in [1.807, 2.05) is 48.3 Å². The first-order valence-corrected chi connectivity index (χ1v) is 9.82. The minimum absolute atomic E-state index is 0.116. The molecule has 0 aliphatic carbocycles. The van der Waals surface area contributed by atoms with E-state index >= 15 is 0 Å². The Balaban J connectivity index is 1.48. The Morgan fingerprint density at radius 1 is 1.00 bits per heavy atom. The molecule has 0 saturated carbocycles. The molecule has 2 aromatic carbocycles. The lowest BCUT2D eigenvalue weighted by Gasteiger charge is -2.33. The topological polar surface area (TPSA) is 42.0 Å². The molecule has 0 N–H and O–H groups in total. The third-order valence-corrected chi connectivity index (χ3v) is 5.43. The van der Waals surface area contributed by atoms with Gasteiger partial charge >= 0.3 is 0 Å². The molecule has 5 nitrogen and oxygen atoms in total. The highest BCUT2D eigenvalue weighted by molar-refractivity contribution is 5.78. The first-order valence-electron chi connectivity index (χ1n) is 9.82. The molecule has 0 atom stereocenters. The molecule has 0 aromatic heterocycles. The average Bonchev–Trinajstić information content (AvgIpc) is 2.74. The summed E-state index contributed by atoms with van der Waals surface area (Å²) < 4.78 is 10.5. The second-order valence-corrected chi connectivity index (χ2v) is 7.44. The molecular weight excluding hydrogens is 352 g/mol. The number of methoxy groups -OCH3 is 2.